The maximum absolute atomic E-state index is 6.40. The average molecular weight is 352 g/mol. The van der Waals surface area contributed by atoms with E-state index in [1.165, 1.54) is 14.7 Å². The van der Waals surface area contributed by atoms with Crippen molar-refractivity contribution in [1.29, 1.82) is 0 Å². The number of aromatic nitrogens is 1. The SMILES string of the molecule is Cc1cccc(C(N)C(C)c2ccccn2)c1I. The first-order chi connectivity index (χ1) is 8.61. The zero-order chi connectivity index (χ0) is 13.1. The lowest BCUT2D eigenvalue weighted by Gasteiger charge is -2.21. The Labute approximate surface area is 122 Å². The molecule has 1 aromatic heterocycles. The number of hydrogen-bond acceptors (Lipinski definition) is 2. The lowest BCUT2D eigenvalue weighted by atomic mass is 9.91. The maximum Gasteiger partial charge on any atom is 0.0450 e. The van der Waals surface area contributed by atoms with E-state index in [4.69, 9.17) is 5.73 Å². The third kappa shape index (κ3) is 2.72. The summed E-state index contributed by atoms with van der Waals surface area (Å²) in [5, 5.41) is 0. The molecule has 0 amide bonds. The molecule has 3 heteroatoms. The average Bonchev–Trinajstić information content (AvgIpc) is 2.41. The molecule has 2 N–H and O–H groups in total. The number of nitrogens with zero attached hydrogens (tertiary/aromatic N) is 1. The molecule has 2 atom stereocenters. The van der Waals surface area contributed by atoms with E-state index < -0.39 is 0 Å². The van der Waals surface area contributed by atoms with Crippen molar-refractivity contribution in [1.82, 2.24) is 4.98 Å². The van der Waals surface area contributed by atoms with Crippen molar-refractivity contribution in [3.05, 3.63) is 63.0 Å². The summed E-state index contributed by atoms with van der Waals surface area (Å²) in [5.74, 6) is 0.210. The lowest BCUT2D eigenvalue weighted by molar-refractivity contribution is 0.581. The Hall–Kier alpha value is -0.940. The number of nitrogens with two attached hydrogens (primary N) is 1. The molecular weight excluding hydrogens is 335 g/mol. The van der Waals surface area contributed by atoms with Crippen molar-refractivity contribution in [3.63, 3.8) is 0 Å². The molecule has 0 aliphatic carbocycles. The Balaban J connectivity index is 2.31. The number of halogens is 1. The molecule has 18 heavy (non-hydrogen) atoms. The third-order valence-corrected chi connectivity index (χ3v) is 4.75. The van der Waals surface area contributed by atoms with Gasteiger partial charge in [0.2, 0.25) is 0 Å². The summed E-state index contributed by atoms with van der Waals surface area (Å²) < 4.78 is 1.25. The zero-order valence-corrected chi connectivity index (χ0v) is 12.8. The molecule has 1 heterocycles. The van der Waals surface area contributed by atoms with Crippen molar-refractivity contribution in [3.8, 4) is 0 Å². The number of rotatable bonds is 3. The van der Waals surface area contributed by atoms with E-state index >= 15 is 0 Å². The Morgan fingerprint density at radius 1 is 1.17 bits per heavy atom. The van der Waals surface area contributed by atoms with Crippen LogP contribution in [0, 0.1) is 10.5 Å². The second kappa shape index (κ2) is 5.80. The highest BCUT2D eigenvalue weighted by atomic mass is 127. The largest absolute Gasteiger partial charge is 0.323 e. The molecule has 1 aromatic carbocycles. The monoisotopic (exact) mass is 352 g/mol. The smallest absolute Gasteiger partial charge is 0.0450 e. The van der Waals surface area contributed by atoms with E-state index in [0.29, 0.717) is 0 Å². The standard InChI is InChI=1S/C15H17IN2/c1-10-6-5-7-12(14(10)16)15(17)11(2)13-8-3-4-9-18-13/h3-9,11,15H,17H2,1-2H3. The van der Waals surface area contributed by atoms with Crippen LogP contribution in [0.25, 0.3) is 0 Å². The first-order valence-electron chi connectivity index (χ1n) is 6.02. The van der Waals surface area contributed by atoms with Crippen LogP contribution in [0.5, 0.6) is 0 Å². The molecule has 2 rings (SSSR count). The van der Waals surface area contributed by atoms with Crippen molar-refractivity contribution in [2.45, 2.75) is 25.8 Å². The van der Waals surface area contributed by atoms with Gasteiger partial charge < -0.3 is 5.73 Å². The fraction of sp³-hybridized carbons (Fsp3) is 0.267. The topological polar surface area (TPSA) is 38.9 Å². The van der Waals surface area contributed by atoms with Gasteiger partial charge in [0.05, 0.1) is 0 Å². The zero-order valence-electron chi connectivity index (χ0n) is 10.6. The molecule has 0 aliphatic rings. The summed E-state index contributed by atoms with van der Waals surface area (Å²) in [6, 6.07) is 12.2. The van der Waals surface area contributed by atoms with Gasteiger partial charge >= 0.3 is 0 Å². The van der Waals surface area contributed by atoms with Crippen LogP contribution in [0.15, 0.2) is 42.6 Å². The van der Waals surface area contributed by atoms with E-state index in [1.54, 1.807) is 0 Å². The van der Waals surface area contributed by atoms with Gasteiger partial charge in [0, 0.05) is 27.4 Å². The normalized spacial score (nSPS) is 14.2. The van der Waals surface area contributed by atoms with Crippen LogP contribution in [0.4, 0.5) is 0 Å². The minimum absolute atomic E-state index is 0.0216. The number of pyridine rings is 1. The quantitative estimate of drug-likeness (QED) is 0.854. The van der Waals surface area contributed by atoms with Crippen LogP contribution in [-0.2, 0) is 0 Å². The molecule has 2 aromatic rings. The van der Waals surface area contributed by atoms with Crippen LogP contribution in [-0.4, -0.2) is 4.98 Å². The minimum atomic E-state index is -0.0216. The van der Waals surface area contributed by atoms with Gasteiger partial charge in [0.1, 0.15) is 0 Å². The summed E-state index contributed by atoms with van der Waals surface area (Å²) in [4.78, 5) is 4.39. The van der Waals surface area contributed by atoms with Crippen LogP contribution < -0.4 is 5.73 Å². The van der Waals surface area contributed by atoms with Crippen LogP contribution >= 0.6 is 22.6 Å². The summed E-state index contributed by atoms with van der Waals surface area (Å²) in [7, 11) is 0. The summed E-state index contributed by atoms with van der Waals surface area (Å²) in [6.45, 7) is 4.24. The first kappa shape index (κ1) is 13.5. The summed E-state index contributed by atoms with van der Waals surface area (Å²) >= 11 is 2.37. The molecule has 2 nitrogen and oxygen atoms in total. The van der Waals surface area contributed by atoms with Crippen molar-refractivity contribution >= 4 is 22.6 Å². The molecule has 0 saturated heterocycles. The Morgan fingerprint density at radius 2 is 1.94 bits per heavy atom. The van der Waals surface area contributed by atoms with Gasteiger partial charge in [-0.3, -0.25) is 4.98 Å². The predicted octanol–water partition coefficient (Wildman–Crippen LogP) is 3.80. The molecule has 0 aliphatic heterocycles. The maximum atomic E-state index is 6.40. The molecule has 0 saturated carbocycles. The van der Waals surface area contributed by atoms with Gasteiger partial charge in [-0.1, -0.05) is 31.2 Å². The summed E-state index contributed by atoms with van der Waals surface area (Å²) in [6.07, 6.45) is 1.82. The molecule has 0 fully saturated rings. The van der Waals surface area contributed by atoms with E-state index in [9.17, 15) is 0 Å². The minimum Gasteiger partial charge on any atom is -0.323 e. The molecule has 94 valence electrons. The van der Waals surface area contributed by atoms with Crippen LogP contribution in [0.2, 0.25) is 0 Å². The Bertz CT molecular complexity index is 525. The lowest BCUT2D eigenvalue weighted by Crippen LogP contribution is -2.19. The molecular formula is C15H17IN2. The van der Waals surface area contributed by atoms with Gasteiger partial charge in [-0.2, -0.15) is 0 Å². The number of hydrogen-bond donors (Lipinski definition) is 1. The molecule has 2 unspecified atom stereocenters. The van der Waals surface area contributed by atoms with E-state index in [1.807, 2.05) is 24.4 Å². The molecule has 0 bridgehead atoms. The van der Waals surface area contributed by atoms with Gasteiger partial charge in [0.25, 0.3) is 0 Å². The van der Waals surface area contributed by atoms with Gasteiger partial charge in [0.15, 0.2) is 0 Å². The van der Waals surface area contributed by atoms with Gasteiger partial charge in [-0.15, -0.1) is 0 Å². The van der Waals surface area contributed by atoms with Crippen LogP contribution in [0.3, 0.4) is 0 Å². The second-order valence-electron chi connectivity index (χ2n) is 4.55. The second-order valence-corrected chi connectivity index (χ2v) is 5.63. The van der Waals surface area contributed by atoms with Crippen molar-refractivity contribution in [2.75, 3.05) is 0 Å². The van der Waals surface area contributed by atoms with E-state index in [-0.39, 0.29) is 12.0 Å². The van der Waals surface area contributed by atoms with Gasteiger partial charge in [-0.25, -0.2) is 0 Å². The first-order valence-corrected chi connectivity index (χ1v) is 7.10. The van der Waals surface area contributed by atoms with Crippen molar-refractivity contribution in [2.24, 2.45) is 5.73 Å². The molecule has 0 radical (unpaired) electrons. The Kier molecular flexibility index (Phi) is 4.35. The highest BCUT2D eigenvalue weighted by molar-refractivity contribution is 14.1. The number of aryl methyl sites for hydroxylation is 1. The van der Waals surface area contributed by atoms with E-state index in [0.717, 1.165) is 5.69 Å². The highest BCUT2D eigenvalue weighted by Gasteiger charge is 2.20. The predicted molar refractivity (Wildman–Crippen MR) is 83.5 cm³/mol. The van der Waals surface area contributed by atoms with E-state index in [2.05, 4.69) is 59.6 Å². The highest BCUT2D eigenvalue weighted by Crippen LogP contribution is 2.31. The molecule has 0 spiro atoms. The number of benzene rings is 1. The fourth-order valence-corrected chi connectivity index (χ4v) is 2.75. The summed E-state index contributed by atoms with van der Waals surface area (Å²) in [5.41, 5.74) is 9.92. The van der Waals surface area contributed by atoms with Crippen molar-refractivity contribution < 1.29 is 0 Å². The third-order valence-electron chi connectivity index (χ3n) is 3.27. The Morgan fingerprint density at radius 3 is 2.61 bits per heavy atom. The van der Waals surface area contributed by atoms with Crippen LogP contribution in [0.1, 0.15) is 35.7 Å². The van der Waals surface area contributed by atoms with Gasteiger partial charge in [-0.05, 0) is 52.8 Å². The fourth-order valence-electron chi connectivity index (χ4n) is 2.03.